The zero-order valence-electron chi connectivity index (χ0n) is 12.3. The Bertz CT molecular complexity index is 589. The van der Waals surface area contributed by atoms with Gasteiger partial charge in [-0.25, -0.2) is 0 Å². The van der Waals surface area contributed by atoms with Crippen LogP contribution in [0.4, 0.5) is 0 Å². The molecule has 0 aliphatic heterocycles. The maximum absolute atomic E-state index is 6.36. The number of benzene rings is 1. The van der Waals surface area contributed by atoms with Gasteiger partial charge in [-0.2, -0.15) is 0 Å². The quantitative estimate of drug-likeness (QED) is 0.929. The lowest BCUT2D eigenvalue weighted by Crippen LogP contribution is -2.14. The summed E-state index contributed by atoms with van der Waals surface area (Å²) in [5, 5.41) is 0. The van der Waals surface area contributed by atoms with Gasteiger partial charge in [-0.3, -0.25) is 4.98 Å². The first-order valence-corrected chi connectivity index (χ1v) is 6.48. The highest BCUT2D eigenvalue weighted by molar-refractivity contribution is 5.43. The number of aromatic nitrogens is 1. The SMILES string of the molecule is COc1cc(OC)cc(C(N)c2ccc(C)nc2C)c1. The average molecular weight is 272 g/mol. The van der Waals surface area contributed by atoms with Crippen molar-refractivity contribution in [3.8, 4) is 11.5 Å². The monoisotopic (exact) mass is 272 g/mol. The molecule has 1 aromatic heterocycles. The second-order valence-corrected chi connectivity index (χ2v) is 4.75. The molecular formula is C16H20N2O2. The van der Waals surface area contributed by atoms with Crippen molar-refractivity contribution in [2.45, 2.75) is 19.9 Å². The zero-order chi connectivity index (χ0) is 14.7. The number of ether oxygens (including phenoxy) is 2. The van der Waals surface area contributed by atoms with E-state index >= 15 is 0 Å². The summed E-state index contributed by atoms with van der Waals surface area (Å²) in [7, 11) is 3.26. The van der Waals surface area contributed by atoms with E-state index < -0.39 is 0 Å². The molecular weight excluding hydrogens is 252 g/mol. The maximum atomic E-state index is 6.36. The first kappa shape index (κ1) is 14.3. The Balaban J connectivity index is 2.44. The molecule has 2 aromatic rings. The van der Waals surface area contributed by atoms with Gasteiger partial charge in [-0.05, 0) is 43.2 Å². The van der Waals surface area contributed by atoms with Crippen LogP contribution in [0.2, 0.25) is 0 Å². The minimum atomic E-state index is -0.257. The van der Waals surface area contributed by atoms with E-state index in [0.717, 1.165) is 34.0 Å². The molecule has 0 bridgehead atoms. The Morgan fingerprint density at radius 1 is 1.00 bits per heavy atom. The smallest absolute Gasteiger partial charge is 0.122 e. The Morgan fingerprint density at radius 2 is 1.60 bits per heavy atom. The highest BCUT2D eigenvalue weighted by Gasteiger charge is 2.14. The van der Waals surface area contributed by atoms with Gasteiger partial charge in [0.25, 0.3) is 0 Å². The number of nitrogens with two attached hydrogens (primary N) is 1. The van der Waals surface area contributed by atoms with Crippen LogP contribution in [0.5, 0.6) is 11.5 Å². The zero-order valence-corrected chi connectivity index (χ0v) is 12.3. The van der Waals surface area contributed by atoms with Crippen molar-refractivity contribution in [3.63, 3.8) is 0 Å². The van der Waals surface area contributed by atoms with E-state index in [-0.39, 0.29) is 6.04 Å². The molecule has 2 N–H and O–H groups in total. The van der Waals surface area contributed by atoms with Gasteiger partial charge in [0.2, 0.25) is 0 Å². The van der Waals surface area contributed by atoms with E-state index in [1.807, 2.05) is 44.2 Å². The van der Waals surface area contributed by atoms with Gasteiger partial charge in [0.05, 0.1) is 20.3 Å². The summed E-state index contributed by atoms with van der Waals surface area (Å²) in [6, 6.07) is 9.41. The van der Waals surface area contributed by atoms with Crippen molar-refractivity contribution in [3.05, 3.63) is 52.8 Å². The summed E-state index contributed by atoms with van der Waals surface area (Å²) in [5.74, 6) is 1.46. The molecule has 2 rings (SSSR count). The fourth-order valence-corrected chi connectivity index (χ4v) is 2.21. The normalized spacial score (nSPS) is 12.1. The molecule has 0 radical (unpaired) electrons. The molecule has 4 heteroatoms. The number of methoxy groups -OCH3 is 2. The largest absolute Gasteiger partial charge is 0.497 e. The lowest BCUT2D eigenvalue weighted by atomic mass is 9.98. The van der Waals surface area contributed by atoms with Crippen LogP contribution in [0.25, 0.3) is 0 Å². The number of hydrogen-bond acceptors (Lipinski definition) is 4. The van der Waals surface area contributed by atoms with Crippen LogP contribution >= 0.6 is 0 Å². The first-order valence-electron chi connectivity index (χ1n) is 6.48. The third kappa shape index (κ3) is 2.91. The van der Waals surface area contributed by atoms with Crippen molar-refractivity contribution in [1.82, 2.24) is 4.98 Å². The van der Waals surface area contributed by atoms with Gasteiger partial charge in [0.15, 0.2) is 0 Å². The second kappa shape index (κ2) is 5.92. The fraction of sp³-hybridized carbons (Fsp3) is 0.312. The molecule has 4 nitrogen and oxygen atoms in total. The Kier molecular flexibility index (Phi) is 4.25. The van der Waals surface area contributed by atoms with Crippen molar-refractivity contribution >= 4 is 0 Å². The van der Waals surface area contributed by atoms with E-state index in [1.54, 1.807) is 14.2 Å². The van der Waals surface area contributed by atoms with Gasteiger partial charge < -0.3 is 15.2 Å². The molecule has 1 aromatic carbocycles. The van der Waals surface area contributed by atoms with E-state index in [9.17, 15) is 0 Å². The highest BCUT2D eigenvalue weighted by Crippen LogP contribution is 2.29. The van der Waals surface area contributed by atoms with Crippen molar-refractivity contribution in [1.29, 1.82) is 0 Å². The predicted octanol–water partition coefficient (Wildman–Crippen LogP) is 2.76. The Labute approximate surface area is 119 Å². The van der Waals surface area contributed by atoms with Crippen LogP contribution in [-0.4, -0.2) is 19.2 Å². The predicted molar refractivity (Wildman–Crippen MR) is 79.3 cm³/mol. The molecule has 0 spiro atoms. The van der Waals surface area contributed by atoms with Crippen LogP contribution in [0, 0.1) is 13.8 Å². The molecule has 0 saturated carbocycles. The van der Waals surface area contributed by atoms with Crippen molar-refractivity contribution in [2.24, 2.45) is 5.73 Å². The highest BCUT2D eigenvalue weighted by atomic mass is 16.5. The third-order valence-corrected chi connectivity index (χ3v) is 3.33. The summed E-state index contributed by atoms with van der Waals surface area (Å²) in [4.78, 5) is 4.46. The lowest BCUT2D eigenvalue weighted by molar-refractivity contribution is 0.393. The van der Waals surface area contributed by atoms with Gasteiger partial charge >= 0.3 is 0 Å². The van der Waals surface area contributed by atoms with Crippen LogP contribution in [-0.2, 0) is 0 Å². The molecule has 0 aliphatic carbocycles. The molecule has 106 valence electrons. The van der Waals surface area contributed by atoms with Crippen LogP contribution in [0.3, 0.4) is 0 Å². The Hall–Kier alpha value is -2.07. The molecule has 0 fully saturated rings. The van der Waals surface area contributed by atoms with Crippen LogP contribution < -0.4 is 15.2 Å². The number of nitrogens with zero attached hydrogens (tertiary/aromatic N) is 1. The minimum Gasteiger partial charge on any atom is -0.497 e. The Morgan fingerprint density at radius 3 is 2.10 bits per heavy atom. The number of rotatable bonds is 4. The van der Waals surface area contributed by atoms with E-state index in [2.05, 4.69) is 4.98 Å². The molecule has 20 heavy (non-hydrogen) atoms. The summed E-state index contributed by atoms with van der Waals surface area (Å²) < 4.78 is 10.6. The second-order valence-electron chi connectivity index (χ2n) is 4.75. The molecule has 0 saturated heterocycles. The first-order chi connectivity index (χ1) is 9.55. The number of hydrogen-bond donors (Lipinski definition) is 1. The molecule has 1 heterocycles. The lowest BCUT2D eigenvalue weighted by Gasteiger charge is -2.17. The van der Waals surface area contributed by atoms with E-state index in [4.69, 9.17) is 15.2 Å². The van der Waals surface area contributed by atoms with Gasteiger partial charge in [0.1, 0.15) is 11.5 Å². The minimum absolute atomic E-state index is 0.257. The molecule has 0 aliphatic rings. The summed E-state index contributed by atoms with van der Waals surface area (Å²) in [5.41, 5.74) is 10.2. The molecule has 1 unspecified atom stereocenters. The van der Waals surface area contributed by atoms with Gasteiger partial charge in [-0.15, -0.1) is 0 Å². The molecule has 1 atom stereocenters. The number of aryl methyl sites for hydroxylation is 2. The van der Waals surface area contributed by atoms with Crippen LogP contribution in [0.1, 0.15) is 28.6 Å². The summed E-state index contributed by atoms with van der Waals surface area (Å²) in [6.07, 6.45) is 0. The third-order valence-electron chi connectivity index (χ3n) is 3.33. The van der Waals surface area contributed by atoms with Crippen molar-refractivity contribution in [2.75, 3.05) is 14.2 Å². The number of pyridine rings is 1. The standard InChI is InChI=1S/C16H20N2O2/c1-10-5-6-15(11(2)18-10)16(17)12-7-13(19-3)9-14(8-12)20-4/h5-9,16H,17H2,1-4H3. The van der Waals surface area contributed by atoms with Crippen molar-refractivity contribution < 1.29 is 9.47 Å². The van der Waals surface area contributed by atoms with E-state index in [0.29, 0.717) is 0 Å². The van der Waals surface area contributed by atoms with Gasteiger partial charge in [0, 0.05) is 17.5 Å². The fourth-order valence-electron chi connectivity index (χ4n) is 2.21. The summed E-state index contributed by atoms with van der Waals surface area (Å²) >= 11 is 0. The topological polar surface area (TPSA) is 57.4 Å². The maximum Gasteiger partial charge on any atom is 0.122 e. The van der Waals surface area contributed by atoms with Crippen LogP contribution in [0.15, 0.2) is 30.3 Å². The average Bonchev–Trinajstić information content (AvgIpc) is 2.46. The van der Waals surface area contributed by atoms with E-state index in [1.165, 1.54) is 0 Å². The summed E-state index contributed by atoms with van der Waals surface area (Å²) in [6.45, 7) is 3.94. The van der Waals surface area contributed by atoms with Gasteiger partial charge in [-0.1, -0.05) is 6.07 Å². The molecule has 0 amide bonds.